The van der Waals surface area contributed by atoms with E-state index in [1.807, 2.05) is 37.2 Å². The largest absolute Gasteiger partial charge is 0.384 e. The summed E-state index contributed by atoms with van der Waals surface area (Å²) in [4.78, 5) is 23.4. The number of anilines is 1. The number of hydrogen-bond donors (Lipinski definition) is 2. The number of likely N-dealkylation sites (N-methyl/N-ethyl adjacent to an activating group) is 1. The Balaban J connectivity index is 1.39. The molecule has 6 rings (SSSR count). The number of nitrogens with zero attached hydrogens (tertiary/aromatic N) is 5. The Hall–Kier alpha value is -4.50. The predicted molar refractivity (Wildman–Crippen MR) is 145 cm³/mol. The lowest BCUT2D eigenvalue weighted by molar-refractivity contribution is 0.425. The maximum absolute atomic E-state index is 15.8. The monoisotopic (exact) mass is 509 g/mol. The zero-order valence-corrected chi connectivity index (χ0v) is 21.0. The molecule has 0 amide bonds. The molecule has 0 aliphatic carbocycles. The highest BCUT2D eigenvalue weighted by Crippen LogP contribution is 2.33. The van der Waals surface area contributed by atoms with Crippen LogP contribution in [0.1, 0.15) is 17.0 Å². The highest BCUT2D eigenvalue weighted by atomic mass is 19.1. The first-order valence-electron chi connectivity index (χ1n) is 12.3. The first kappa shape index (κ1) is 23.9. The van der Waals surface area contributed by atoms with E-state index in [1.165, 1.54) is 12.1 Å². The number of aliphatic imine (C=N–C) groups is 1. The van der Waals surface area contributed by atoms with Crippen molar-refractivity contribution in [1.82, 2.24) is 24.8 Å². The van der Waals surface area contributed by atoms with Gasteiger partial charge in [0.2, 0.25) is 0 Å². The SMILES string of the molecule is CN(C)CCNc1cc(F)cc(-c2nccc3[nH]c(C4=NCc5ccc(-c6cccnc6)c(F)c54)nc23)c1. The van der Waals surface area contributed by atoms with Crippen molar-refractivity contribution in [3.8, 4) is 22.4 Å². The summed E-state index contributed by atoms with van der Waals surface area (Å²) in [6.45, 7) is 1.85. The average Bonchev–Trinajstić information content (AvgIpc) is 3.53. The maximum Gasteiger partial charge on any atom is 0.157 e. The van der Waals surface area contributed by atoms with E-state index in [4.69, 9.17) is 4.98 Å². The molecule has 0 saturated heterocycles. The minimum atomic E-state index is -0.372. The van der Waals surface area contributed by atoms with Crippen molar-refractivity contribution in [3.63, 3.8) is 0 Å². The van der Waals surface area contributed by atoms with Crippen LogP contribution in [0.5, 0.6) is 0 Å². The smallest absolute Gasteiger partial charge is 0.157 e. The third kappa shape index (κ3) is 4.41. The molecule has 4 heterocycles. The number of hydrogen-bond acceptors (Lipinski definition) is 6. The van der Waals surface area contributed by atoms with Crippen molar-refractivity contribution in [3.05, 3.63) is 95.7 Å². The number of benzene rings is 2. The number of halogens is 2. The van der Waals surface area contributed by atoms with Crippen LogP contribution in [0, 0.1) is 11.6 Å². The molecule has 1 aliphatic rings. The Morgan fingerprint density at radius 1 is 1.03 bits per heavy atom. The van der Waals surface area contributed by atoms with Gasteiger partial charge in [-0.15, -0.1) is 0 Å². The van der Waals surface area contributed by atoms with Gasteiger partial charge < -0.3 is 15.2 Å². The van der Waals surface area contributed by atoms with Crippen molar-refractivity contribution >= 4 is 22.4 Å². The van der Waals surface area contributed by atoms with Gasteiger partial charge in [0.1, 0.15) is 22.9 Å². The van der Waals surface area contributed by atoms with Crippen LogP contribution >= 0.6 is 0 Å². The fourth-order valence-corrected chi connectivity index (χ4v) is 4.70. The maximum atomic E-state index is 15.8. The summed E-state index contributed by atoms with van der Waals surface area (Å²) in [6, 6.07) is 13.8. The fourth-order valence-electron chi connectivity index (χ4n) is 4.70. The first-order chi connectivity index (χ1) is 18.5. The van der Waals surface area contributed by atoms with E-state index in [-0.39, 0.29) is 11.6 Å². The summed E-state index contributed by atoms with van der Waals surface area (Å²) < 4.78 is 30.4. The lowest BCUT2D eigenvalue weighted by Gasteiger charge is -2.12. The number of pyridine rings is 2. The number of H-pyrrole nitrogens is 1. The molecule has 190 valence electrons. The van der Waals surface area contributed by atoms with Crippen molar-refractivity contribution in [2.45, 2.75) is 6.54 Å². The minimum absolute atomic E-state index is 0.357. The van der Waals surface area contributed by atoms with Gasteiger partial charge in [-0.25, -0.2) is 13.8 Å². The van der Waals surface area contributed by atoms with Crippen LogP contribution in [0.4, 0.5) is 14.5 Å². The number of rotatable bonds is 7. The Morgan fingerprint density at radius 3 is 2.74 bits per heavy atom. The molecule has 3 aromatic heterocycles. The van der Waals surface area contributed by atoms with Gasteiger partial charge >= 0.3 is 0 Å². The zero-order chi connectivity index (χ0) is 26.2. The molecule has 0 spiro atoms. The third-order valence-electron chi connectivity index (χ3n) is 6.53. The summed E-state index contributed by atoms with van der Waals surface area (Å²) in [5, 5.41) is 3.26. The molecule has 1 aliphatic heterocycles. The Morgan fingerprint density at radius 2 is 1.92 bits per heavy atom. The number of aromatic amines is 1. The highest BCUT2D eigenvalue weighted by Gasteiger charge is 2.27. The first-order valence-corrected chi connectivity index (χ1v) is 12.3. The molecule has 0 bridgehead atoms. The van der Waals surface area contributed by atoms with Gasteiger partial charge in [-0.05, 0) is 50.0 Å². The minimum Gasteiger partial charge on any atom is -0.384 e. The summed E-state index contributed by atoms with van der Waals surface area (Å²) >= 11 is 0. The highest BCUT2D eigenvalue weighted by molar-refractivity contribution is 6.15. The van der Waals surface area contributed by atoms with Crippen molar-refractivity contribution < 1.29 is 8.78 Å². The molecular weight excluding hydrogens is 484 g/mol. The normalized spacial score (nSPS) is 12.7. The van der Waals surface area contributed by atoms with Crippen LogP contribution in [0.3, 0.4) is 0 Å². The molecule has 2 N–H and O–H groups in total. The lowest BCUT2D eigenvalue weighted by atomic mass is 9.97. The standard InChI is InChI=1S/C29H25F2N7/c1-38(2)11-10-33-21-13-19(12-20(30)14-21)26-27-23(7-9-34-26)36-29(37-27)28-24-18(16-35-28)5-6-22(25(24)31)17-4-3-8-32-15-17/h3-9,12-15,33H,10-11,16H2,1-2H3,(H,36,37). The predicted octanol–water partition coefficient (Wildman–Crippen LogP) is 5.29. The molecule has 0 unspecified atom stereocenters. The molecule has 38 heavy (non-hydrogen) atoms. The van der Waals surface area contributed by atoms with Gasteiger partial charge in [0, 0.05) is 59.6 Å². The summed E-state index contributed by atoms with van der Waals surface area (Å²) in [7, 11) is 3.97. The number of imidazole rings is 1. The Kier molecular flexibility index (Phi) is 6.13. The van der Waals surface area contributed by atoms with Gasteiger partial charge in [0.25, 0.3) is 0 Å². The Labute approximate surface area is 218 Å². The number of aromatic nitrogens is 4. The molecule has 7 nitrogen and oxygen atoms in total. The molecule has 0 saturated carbocycles. The molecule has 5 aromatic rings. The second-order valence-electron chi connectivity index (χ2n) is 9.47. The van der Waals surface area contributed by atoms with E-state index >= 15 is 4.39 Å². The average molecular weight is 510 g/mol. The van der Waals surface area contributed by atoms with Crippen LogP contribution in [-0.4, -0.2) is 57.7 Å². The second-order valence-corrected chi connectivity index (χ2v) is 9.47. The van der Waals surface area contributed by atoms with Crippen molar-refractivity contribution in [1.29, 1.82) is 0 Å². The van der Waals surface area contributed by atoms with E-state index in [1.54, 1.807) is 36.8 Å². The molecular formula is C29H25F2N7. The van der Waals surface area contributed by atoms with Crippen LogP contribution in [0.25, 0.3) is 33.4 Å². The lowest BCUT2D eigenvalue weighted by Crippen LogP contribution is -2.20. The van der Waals surface area contributed by atoms with Gasteiger partial charge in [-0.2, -0.15) is 0 Å². The molecule has 9 heteroatoms. The molecule has 0 atom stereocenters. The van der Waals surface area contributed by atoms with E-state index in [0.717, 1.165) is 12.1 Å². The fraction of sp³-hybridized carbons (Fsp3) is 0.172. The van der Waals surface area contributed by atoms with Gasteiger partial charge in [-0.3, -0.25) is 15.0 Å². The van der Waals surface area contributed by atoms with Crippen LogP contribution < -0.4 is 5.32 Å². The van der Waals surface area contributed by atoms with Gasteiger partial charge in [0.05, 0.1) is 17.8 Å². The van der Waals surface area contributed by atoms with Crippen molar-refractivity contribution in [2.75, 3.05) is 32.5 Å². The number of fused-ring (bicyclic) bond motifs is 2. The molecule has 0 fully saturated rings. The third-order valence-corrected chi connectivity index (χ3v) is 6.53. The molecule has 0 radical (unpaired) electrons. The van der Waals surface area contributed by atoms with Crippen molar-refractivity contribution in [2.24, 2.45) is 4.99 Å². The number of nitrogens with one attached hydrogen (secondary N) is 2. The Bertz CT molecular complexity index is 1680. The van der Waals surface area contributed by atoms with E-state index in [0.29, 0.717) is 69.3 Å². The van der Waals surface area contributed by atoms with Crippen LogP contribution in [0.2, 0.25) is 0 Å². The quantitative estimate of drug-likeness (QED) is 0.312. The molecule has 2 aromatic carbocycles. The topological polar surface area (TPSA) is 82.1 Å². The summed E-state index contributed by atoms with van der Waals surface area (Å²) in [6.07, 6.45) is 4.94. The summed E-state index contributed by atoms with van der Waals surface area (Å²) in [5.74, 6) is -0.288. The van der Waals surface area contributed by atoms with E-state index in [9.17, 15) is 4.39 Å². The zero-order valence-electron chi connectivity index (χ0n) is 21.0. The summed E-state index contributed by atoms with van der Waals surface area (Å²) in [5.41, 5.74) is 5.88. The van der Waals surface area contributed by atoms with E-state index in [2.05, 4.69) is 25.3 Å². The van der Waals surface area contributed by atoms with E-state index < -0.39 is 0 Å². The van der Waals surface area contributed by atoms with Crippen LogP contribution in [0.15, 0.2) is 72.1 Å². The second kappa shape index (κ2) is 9.75. The van der Waals surface area contributed by atoms with Crippen LogP contribution in [-0.2, 0) is 6.54 Å². The van der Waals surface area contributed by atoms with Gasteiger partial charge in [0.15, 0.2) is 5.82 Å². The van der Waals surface area contributed by atoms with Gasteiger partial charge in [-0.1, -0.05) is 18.2 Å².